The summed E-state index contributed by atoms with van der Waals surface area (Å²) in [6.07, 6.45) is -0.0572. The maximum Gasteiger partial charge on any atom is 0.405 e. The first-order valence-corrected chi connectivity index (χ1v) is 8.80. The first-order chi connectivity index (χ1) is 12.0. The maximum atomic E-state index is 12.7. The Hall–Kier alpha value is -1.80. The van der Waals surface area contributed by atoms with Crippen molar-refractivity contribution in [3.05, 3.63) is 0 Å². The molecule has 0 aliphatic heterocycles. The van der Waals surface area contributed by atoms with Gasteiger partial charge in [-0.2, -0.15) is 13.2 Å². The SMILES string of the molecule is CC(=O)NC12CC3CC(C1)CC(C(=O)OCC(=O)NCC(F)(F)F)(C3)C2. The number of esters is 1. The molecule has 2 amide bonds. The molecule has 9 heteroatoms. The van der Waals surface area contributed by atoms with E-state index in [9.17, 15) is 27.6 Å². The molecule has 0 aromatic heterocycles. The van der Waals surface area contributed by atoms with E-state index in [1.54, 1.807) is 5.32 Å². The van der Waals surface area contributed by atoms with E-state index in [1.807, 2.05) is 0 Å². The third-order valence-electron chi connectivity index (χ3n) is 5.76. The highest BCUT2D eigenvalue weighted by atomic mass is 19.4. The van der Waals surface area contributed by atoms with E-state index in [-0.39, 0.29) is 5.91 Å². The summed E-state index contributed by atoms with van der Waals surface area (Å²) in [5, 5.41) is 4.71. The molecule has 4 aliphatic carbocycles. The van der Waals surface area contributed by atoms with Crippen LogP contribution in [0.4, 0.5) is 13.2 Å². The fourth-order valence-corrected chi connectivity index (χ4v) is 5.56. The average molecular weight is 376 g/mol. The minimum absolute atomic E-state index is 0.137. The van der Waals surface area contributed by atoms with Gasteiger partial charge in [-0.05, 0) is 50.4 Å². The molecule has 4 aliphatic rings. The van der Waals surface area contributed by atoms with Gasteiger partial charge < -0.3 is 15.4 Å². The molecule has 2 unspecified atom stereocenters. The van der Waals surface area contributed by atoms with Crippen molar-refractivity contribution in [2.75, 3.05) is 13.2 Å². The summed E-state index contributed by atoms with van der Waals surface area (Å²) in [4.78, 5) is 35.8. The van der Waals surface area contributed by atoms with Crippen molar-refractivity contribution in [1.29, 1.82) is 0 Å². The second kappa shape index (κ2) is 6.42. The van der Waals surface area contributed by atoms with Gasteiger partial charge in [-0.25, -0.2) is 0 Å². The molecule has 2 N–H and O–H groups in total. The molecule has 26 heavy (non-hydrogen) atoms. The molecule has 146 valence electrons. The van der Waals surface area contributed by atoms with Crippen molar-refractivity contribution in [1.82, 2.24) is 10.6 Å². The minimum Gasteiger partial charge on any atom is -0.455 e. The zero-order valence-corrected chi connectivity index (χ0v) is 14.6. The van der Waals surface area contributed by atoms with Crippen LogP contribution in [-0.4, -0.2) is 42.7 Å². The molecule has 0 aromatic rings. The van der Waals surface area contributed by atoms with Gasteiger partial charge in [0.1, 0.15) is 6.54 Å². The quantitative estimate of drug-likeness (QED) is 0.715. The number of hydrogen-bond donors (Lipinski definition) is 2. The van der Waals surface area contributed by atoms with Crippen LogP contribution >= 0.6 is 0 Å². The van der Waals surface area contributed by atoms with Gasteiger partial charge in [0.05, 0.1) is 5.41 Å². The number of alkyl halides is 3. The Bertz CT molecular complexity index is 606. The van der Waals surface area contributed by atoms with Crippen LogP contribution in [0.2, 0.25) is 0 Å². The lowest BCUT2D eigenvalue weighted by atomic mass is 9.47. The molecular formula is C17H23F3N2O4. The van der Waals surface area contributed by atoms with Gasteiger partial charge in [0.25, 0.3) is 5.91 Å². The van der Waals surface area contributed by atoms with Crippen molar-refractivity contribution < 1.29 is 32.3 Å². The predicted molar refractivity (Wildman–Crippen MR) is 83.7 cm³/mol. The molecule has 4 bridgehead atoms. The molecule has 2 atom stereocenters. The van der Waals surface area contributed by atoms with Crippen LogP contribution in [0.15, 0.2) is 0 Å². The van der Waals surface area contributed by atoms with Gasteiger partial charge in [-0.3, -0.25) is 14.4 Å². The van der Waals surface area contributed by atoms with Crippen molar-refractivity contribution in [2.24, 2.45) is 17.3 Å². The second-order valence-electron chi connectivity index (χ2n) is 8.17. The largest absolute Gasteiger partial charge is 0.455 e. The van der Waals surface area contributed by atoms with E-state index in [0.717, 1.165) is 19.3 Å². The van der Waals surface area contributed by atoms with Crippen molar-refractivity contribution in [3.63, 3.8) is 0 Å². The van der Waals surface area contributed by atoms with Gasteiger partial charge in [-0.15, -0.1) is 0 Å². The van der Waals surface area contributed by atoms with Gasteiger partial charge >= 0.3 is 12.1 Å². The van der Waals surface area contributed by atoms with E-state index < -0.39 is 42.2 Å². The molecule has 4 fully saturated rings. The molecule has 6 nitrogen and oxygen atoms in total. The number of carbonyl (C=O) groups is 3. The zero-order valence-electron chi connectivity index (χ0n) is 14.6. The monoisotopic (exact) mass is 376 g/mol. The van der Waals surface area contributed by atoms with Gasteiger partial charge in [0, 0.05) is 12.5 Å². The Kier molecular flexibility index (Phi) is 4.69. The van der Waals surface area contributed by atoms with Crippen LogP contribution in [0.3, 0.4) is 0 Å². The molecule has 0 aromatic carbocycles. The van der Waals surface area contributed by atoms with E-state index in [0.29, 0.717) is 31.1 Å². The first kappa shape index (κ1) is 19.0. The minimum atomic E-state index is -4.51. The molecular weight excluding hydrogens is 353 g/mol. The lowest BCUT2D eigenvalue weighted by molar-refractivity contribution is -0.177. The summed E-state index contributed by atoms with van der Waals surface area (Å²) < 4.78 is 41.4. The second-order valence-corrected chi connectivity index (χ2v) is 8.17. The number of ether oxygens (including phenoxy) is 1. The number of carbonyl (C=O) groups excluding carboxylic acids is 3. The van der Waals surface area contributed by atoms with Gasteiger partial charge in [0.15, 0.2) is 6.61 Å². The van der Waals surface area contributed by atoms with Crippen molar-refractivity contribution in [2.45, 2.75) is 57.2 Å². The van der Waals surface area contributed by atoms with E-state index in [2.05, 4.69) is 5.32 Å². The van der Waals surface area contributed by atoms with Gasteiger partial charge in [-0.1, -0.05) is 0 Å². The maximum absolute atomic E-state index is 12.7. The van der Waals surface area contributed by atoms with Crippen LogP contribution in [0, 0.1) is 17.3 Å². The van der Waals surface area contributed by atoms with Crippen molar-refractivity contribution >= 4 is 17.8 Å². The number of halogens is 3. The number of nitrogens with one attached hydrogen (secondary N) is 2. The standard InChI is InChI=1S/C17H23F3N2O4/c1-10(23)22-16-5-11-2-12(6-16)4-15(3-11,8-16)14(25)26-7-13(24)21-9-17(18,19)20/h11-12H,2-9H2,1H3,(H,21,24)(H,22,23). The summed E-state index contributed by atoms with van der Waals surface area (Å²) >= 11 is 0. The van der Waals surface area contributed by atoms with Crippen LogP contribution in [0.1, 0.15) is 45.4 Å². The third-order valence-corrected chi connectivity index (χ3v) is 5.76. The smallest absolute Gasteiger partial charge is 0.405 e. The zero-order chi connectivity index (χ0) is 19.2. The molecule has 4 rings (SSSR count). The Morgan fingerprint density at radius 1 is 1.12 bits per heavy atom. The summed E-state index contributed by atoms with van der Waals surface area (Å²) in [6.45, 7) is -0.724. The highest BCUT2D eigenvalue weighted by Crippen LogP contribution is 2.62. The molecule has 0 heterocycles. The van der Waals surface area contributed by atoms with Crippen LogP contribution in [0.5, 0.6) is 0 Å². The Balaban J connectivity index is 1.62. The normalized spacial score (nSPS) is 35.1. The van der Waals surface area contributed by atoms with Crippen LogP contribution in [-0.2, 0) is 19.1 Å². The Labute approximate surface area is 149 Å². The summed E-state index contributed by atoms with van der Waals surface area (Å²) in [7, 11) is 0. The lowest BCUT2D eigenvalue weighted by Gasteiger charge is -2.60. The molecule has 0 saturated heterocycles. The van der Waals surface area contributed by atoms with Gasteiger partial charge in [0.2, 0.25) is 5.91 Å². The molecule has 0 spiro atoms. The first-order valence-electron chi connectivity index (χ1n) is 8.80. The fraction of sp³-hybridized carbons (Fsp3) is 0.824. The number of rotatable bonds is 5. The molecule has 0 radical (unpaired) electrons. The van der Waals surface area contributed by atoms with Crippen molar-refractivity contribution in [3.8, 4) is 0 Å². The Morgan fingerprint density at radius 3 is 2.27 bits per heavy atom. The van der Waals surface area contributed by atoms with Crippen LogP contribution in [0.25, 0.3) is 0 Å². The summed E-state index contributed by atoms with van der Waals surface area (Å²) in [5.74, 6) is -1.02. The lowest BCUT2D eigenvalue weighted by Crippen LogP contribution is -2.64. The predicted octanol–water partition coefficient (Wildman–Crippen LogP) is 1.68. The number of hydrogen-bond acceptors (Lipinski definition) is 4. The van der Waals surface area contributed by atoms with E-state index in [4.69, 9.17) is 4.74 Å². The average Bonchev–Trinajstić information content (AvgIpc) is 2.47. The number of amides is 2. The van der Waals surface area contributed by atoms with E-state index >= 15 is 0 Å². The summed E-state index contributed by atoms with van der Waals surface area (Å²) in [5.41, 5.74) is -1.16. The fourth-order valence-electron chi connectivity index (χ4n) is 5.56. The Morgan fingerprint density at radius 2 is 1.73 bits per heavy atom. The van der Waals surface area contributed by atoms with E-state index in [1.165, 1.54) is 6.92 Å². The van der Waals surface area contributed by atoms with Crippen LogP contribution < -0.4 is 10.6 Å². The summed E-state index contributed by atoms with van der Waals surface area (Å²) in [6, 6.07) is 0. The molecule has 4 saturated carbocycles. The highest BCUT2D eigenvalue weighted by Gasteiger charge is 2.61. The third kappa shape index (κ3) is 3.96. The highest BCUT2D eigenvalue weighted by molar-refractivity contribution is 5.83. The topological polar surface area (TPSA) is 84.5 Å².